The Balaban J connectivity index is 1.38. The van der Waals surface area contributed by atoms with Crippen LogP contribution in [0.1, 0.15) is 51.0 Å². The number of urea groups is 1. The first-order chi connectivity index (χ1) is 14.5. The van der Waals surface area contributed by atoms with Crippen molar-refractivity contribution in [2.45, 2.75) is 57.5 Å². The molecular weight excluding hydrogens is 386 g/mol. The van der Waals surface area contributed by atoms with E-state index in [1.54, 1.807) is 4.90 Å². The molecule has 2 heterocycles. The Morgan fingerprint density at radius 1 is 1.17 bits per heavy atom. The van der Waals surface area contributed by atoms with E-state index < -0.39 is 5.54 Å². The topological polar surface area (TPSA) is 88.2 Å². The minimum atomic E-state index is -0.747. The van der Waals surface area contributed by atoms with E-state index >= 15 is 0 Å². The van der Waals surface area contributed by atoms with Gasteiger partial charge in [-0.1, -0.05) is 31.4 Å². The number of carbonyl (C=O) groups is 3. The van der Waals surface area contributed by atoms with Gasteiger partial charge in [0.2, 0.25) is 5.91 Å². The van der Waals surface area contributed by atoms with Gasteiger partial charge in [0.05, 0.1) is 0 Å². The number of para-hydroxylation sites is 1. The molecule has 162 valence electrons. The molecule has 0 unspecified atom stereocenters. The fourth-order valence-electron chi connectivity index (χ4n) is 4.58. The van der Waals surface area contributed by atoms with Crippen LogP contribution in [0.3, 0.4) is 0 Å². The van der Waals surface area contributed by atoms with Crippen LogP contribution in [0.5, 0.6) is 11.5 Å². The van der Waals surface area contributed by atoms with E-state index in [0.29, 0.717) is 50.6 Å². The maximum absolute atomic E-state index is 12.9. The van der Waals surface area contributed by atoms with Crippen LogP contribution in [0.2, 0.25) is 0 Å². The van der Waals surface area contributed by atoms with Gasteiger partial charge >= 0.3 is 6.03 Å². The molecule has 0 atom stereocenters. The van der Waals surface area contributed by atoms with Crippen molar-refractivity contribution in [1.82, 2.24) is 15.1 Å². The standard InChI is InChI=1S/C22H29N3O5/c1-2-24(15-16-7-6-8-17-19(16)30-14-13-29-17)18(26)9-12-25-20(27)22(23-21(25)28)10-4-3-5-11-22/h6-8H,2-5,9-15H2,1H3,(H,23,28). The van der Waals surface area contributed by atoms with E-state index in [9.17, 15) is 14.4 Å². The summed E-state index contributed by atoms with van der Waals surface area (Å²) in [6.45, 7) is 3.93. The van der Waals surface area contributed by atoms with E-state index in [1.807, 2.05) is 25.1 Å². The number of imide groups is 1. The van der Waals surface area contributed by atoms with Crippen molar-refractivity contribution in [1.29, 1.82) is 0 Å². The van der Waals surface area contributed by atoms with Crippen LogP contribution in [0, 0.1) is 0 Å². The average Bonchev–Trinajstić information content (AvgIpc) is 2.99. The number of hydrogen-bond donors (Lipinski definition) is 1. The average molecular weight is 415 g/mol. The number of amides is 4. The van der Waals surface area contributed by atoms with Gasteiger partial charge in [-0.05, 0) is 25.8 Å². The number of rotatable bonds is 6. The summed E-state index contributed by atoms with van der Waals surface area (Å²) in [5.74, 6) is 1.10. The molecule has 8 nitrogen and oxygen atoms in total. The zero-order valence-electron chi connectivity index (χ0n) is 17.4. The highest BCUT2D eigenvalue weighted by Gasteiger charge is 2.51. The largest absolute Gasteiger partial charge is 0.486 e. The van der Waals surface area contributed by atoms with Crippen LogP contribution in [0.25, 0.3) is 0 Å². The van der Waals surface area contributed by atoms with Gasteiger partial charge in [0.15, 0.2) is 11.5 Å². The lowest BCUT2D eigenvalue weighted by Gasteiger charge is -2.30. The summed E-state index contributed by atoms with van der Waals surface area (Å²) < 4.78 is 11.4. The smallest absolute Gasteiger partial charge is 0.325 e. The van der Waals surface area contributed by atoms with E-state index in [4.69, 9.17) is 9.47 Å². The molecule has 2 aliphatic heterocycles. The summed E-state index contributed by atoms with van der Waals surface area (Å²) in [7, 11) is 0. The van der Waals surface area contributed by atoms with E-state index in [0.717, 1.165) is 24.8 Å². The monoisotopic (exact) mass is 415 g/mol. The number of nitrogens with zero attached hydrogens (tertiary/aromatic N) is 2. The van der Waals surface area contributed by atoms with Crippen LogP contribution in [-0.4, -0.2) is 59.5 Å². The Morgan fingerprint density at radius 3 is 2.70 bits per heavy atom. The summed E-state index contributed by atoms with van der Waals surface area (Å²) in [4.78, 5) is 41.1. The molecular formula is C22H29N3O5. The first-order valence-electron chi connectivity index (χ1n) is 10.8. The molecule has 0 bridgehead atoms. The minimum absolute atomic E-state index is 0.1000. The van der Waals surface area contributed by atoms with Crippen LogP contribution in [0.15, 0.2) is 18.2 Å². The summed E-state index contributed by atoms with van der Waals surface area (Å²) in [5, 5.41) is 2.89. The molecule has 4 rings (SSSR count). The van der Waals surface area contributed by atoms with Gasteiger partial charge in [0, 0.05) is 31.6 Å². The Kier molecular flexibility index (Phi) is 5.83. The van der Waals surface area contributed by atoms with Crippen molar-refractivity contribution in [2.24, 2.45) is 0 Å². The van der Waals surface area contributed by atoms with Gasteiger partial charge in [-0.3, -0.25) is 14.5 Å². The second kappa shape index (κ2) is 8.53. The molecule has 1 aromatic rings. The van der Waals surface area contributed by atoms with Gasteiger partial charge in [-0.25, -0.2) is 4.79 Å². The highest BCUT2D eigenvalue weighted by molar-refractivity contribution is 6.07. The van der Waals surface area contributed by atoms with Gasteiger partial charge in [0.1, 0.15) is 18.8 Å². The van der Waals surface area contributed by atoms with Crippen molar-refractivity contribution in [3.63, 3.8) is 0 Å². The molecule has 1 aliphatic carbocycles. The number of benzene rings is 1. The molecule has 3 aliphatic rings. The van der Waals surface area contributed by atoms with Crippen molar-refractivity contribution in [3.8, 4) is 11.5 Å². The number of carbonyl (C=O) groups excluding carboxylic acids is 3. The zero-order chi connectivity index (χ0) is 21.1. The summed E-state index contributed by atoms with van der Waals surface area (Å²) in [5.41, 5.74) is 0.141. The second-order valence-corrected chi connectivity index (χ2v) is 8.13. The normalized spacial score (nSPS) is 19.7. The molecule has 1 saturated heterocycles. The highest BCUT2D eigenvalue weighted by atomic mass is 16.6. The first kappa shape index (κ1) is 20.5. The number of nitrogens with one attached hydrogen (secondary N) is 1. The lowest BCUT2D eigenvalue weighted by Crippen LogP contribution is -2.48. The molecule has 4 amide bonds. The van der Waals surface area contributed by atoms with Crippen LogP contribution < -0.4 is 14.8 Å². The van der Waals surface area contributed by atoms with E-state index in [1.165, 1.54) is 4.90 Å². The highest BCUT2D eigenvalue weighted by Crippen LogP contribution is 2.35. The molecule has 0 radical (unpaired) electrons. The molecule has 1 spiro atoms. The summed E-state index contributed by atoms with van der Waals surface area (Å²) >= 11 is 0. The summed E-state index contributed by atoms with van der Waals surface area (Å²) in [6, 6.07) is 5.29. The number of hydrogen-bond acceptors (Lipinski definition) is 5. The lowest BCUT2D eigenvalue weighted by molar-refractivity contribution is -0.134. The molecule has 0 aromatic heterocycles. The van der Waals surface area contributed by atoms with E-state index in [-0.39, 0.29) is 30.8 Å². The molecule has 30 heavy (non-hydrogen) atoms. The fourth-order valence-corrected chi connectivity index (χ4v) is 4.58. The predicted octanol–water partition coefficient (Wildman–Crippen LogP) is 2.45. The SMILES string of the molecule is CCN(Cc1cccc2c1OCCO2)C(=O)CCN1C(=O)NC2(CCCCC2)C1=O. The number of ether oxygens (including phenoxy) is 2. The van der Waals surface area contributed by atoms with Crippen LogP contribution in [-0.2, 0) is 16.1 Å². The van der Waals surface area contributed by atoms with Crippen molar-refractivity contribution in [2.75, 3.05) is 26.3 Å². The quantitative estimate of drug-likeness (QED) is 0.721. The Bertz CT molecular complexity index is 834. The van der Waals surface area contributed by atoms with Crippen molar-refractivity contribution >= 4 is 17.8 Å². The summed E-state index contributed by atoms with van der Waals surface area (Å²) in [6.07, 6.45) is 4.45. The third-order valence-corrected chi connectivity index (χ3v) is 6.25. The van der Waals surface area contributed by atoms with Crippen molar-refractivity contribution in [3.05, 3.63) is 23.8 Å². The number of fused-ring (bicyclic) bond motifs is 1. The zero-order valence-corrected chi connectivity index (χ0v) is 17.4. The Hall–Kier alpha value is -2.77. The lowest BCUT2D eigenvalue weighted by atomic mass is 9.82. The van der Waals surface area contributed by atoms with Crippen LogP contribution in [0.4, 0.5) is 4.79 Å². The van der Waals surface area contributed by atoms with Crippen molar-refractivity contribution < 1.29 is 23.9 Å². The fraction of sp³-hybridized carbons (Fsp3) is 0.591. The van der Waals surface area contributed by atoms with Gasteiger partial charge in [-0.15, -0.1) is 0 Å². The van der Waals surface area contributed by atoms with Gasteiger partial charge < -0.3 is 19.7 Å². The Morgan fingerprint density at radius 2 is 1.93 bits per heavy atom. The maximum atomic E-state index is 12.9. The maximum Gasteiger partial charge on any atom is 0.325 e. The molecule has 1 saturated carbocycles. The first-order valence-corrected chi connectivity index (χ1v) is 10.8. The predicted molar refractivity (Wildman–Crippen MR) is 109 cm³/mol. The van der Waals surface area contributed by atoms with E-state index in [2.05, 4.69) is 5.32 Å². The molecule has 1 N–H and O–H groups in total. The minimum Gasteiger partial charge on any atom is -0.486 e. The molecule has 2 fully saturated rings. The Labute approximate surface area is 176 Å². The molecule has 8 heteroatoms. The third kappa shape index (κ3) is 3.82. The van der Waals surface area contributed by atoms with Crippen LogP contribution >= 0.6 is 0 Å². The van der Waals surface area contributed by atoms with Gasteiger partial charge in [-0.2, -0.15) is 0 Å². The second-order valence-electron chi connectivity index (χ2n) is 8.13. The third-order valence-electron chi connectivity index (χ3n) is 6.25. The van der Waals surface area contributed by atoms with Gasteiger partial charge in [0.25, 0.3) is 5.91 Å². The molecule has 1 aromatic carbocycles.